The summed E-state index contributed by atoms with van der Waals surface area (Å²) in [6.07, 6.45) is 4.65. The maximum Gasteiger partial charge on any atom is 0.387 e. The second-order valence-electron chi connectivity index (χ2n) is 6.74. The van der Waals surface area contributed by atoms with Crippen molar-refractivity contribution in [3.8, 4) is 17.1 Å². The first-order chi connectivity index (χ1) is 13.1. The van der Waals surface area contributed by atoms with E-state index in [-0.39, 0.29) is 23.2 Å². The molecule has 1 aliphatic carbocycles. The van der Waals surface area contributed by atoms with Gasteiger partial charge in [-0.25, -0.2) is 4.39 Å². The van der Waals surface area contributed by atoms with E-state index in [0.717, 1.165) is 37.6 Å². The van der Waals surface area contributed by atoms with E-state index in [9.17, 15) is 13.2 Å². The molecule has 2 aliphatic rings. The molecule has 146 valence electrons. The highest BCUT2D eigenvalue weighted by Gasteiger charge is 2.35. The molecule has 0 amide bonds. The molecule has 27 heavy (non-hydrogen) atoms. The van der Waals surface area contributed by atoms with Crippen molar-refractivity contribution in [3.05, 3.63) is 29.9 Å². The van der Waals surface area contributed by atoms with Crippen LogP contribution in [0.5, 0.6) is 5.75 Å². The lowest BCUT2D eigenvalue weighted by molar-refractivity contribution is -0.0498. The Labute approximate surface area is 154 Å². The number of nitrogens with zero attached hydrogens (tertiary/aromatic N) is 3. The number of morpholine rings is 1. The molecule has 2 fully saturated rings. The number of hydrogen-bond donors (Lipinski definition) is 0. The van der Waals surface area contributed by atoms with Gasteiger partial charge in [-0.05, 0) is 31.0 Å². The Kier molecular flexibility index (Phi) is 5.31. The van der Waals surface area contributed by atoms with Crippen molar-refractivity contribution in [1.82, 2.24) is 15.0 Å². The van der Waals surface area contributed by atoms with E-state index in [1.807, 2.05) is 0 Å². The molecule has 1 aromatic carbocycles. The van der Waals surface area contributed by atoms with Gasteiger partial charge in [0.1, 0.15) is 17.6 Å². The van der Waals surface area contributed by atoms with Crippen LogP contribution in [0.25, 0.3) is 11.4 Å². The highest BCUT2D eigenvalue weighted by molar-refractivity contribution is 5.58. The number of halogens is 3. The summed E-state index contributed by atoms with van der Waals surface area (Å²) < 4.78 is 54.3. The van der Waals surface area contributed by atoms with Crippen molar-refractivity contribution >= 4 is 0 Å². The van der Waals surface area contributed by atoms with Gasteiger partial charge < -0.3 is 14.0 Å². The molecule has 9 heteroatoms. The number of ether oxygens (including phenoxy) is 2. The molecule has 0 radical (unpaired) electrons. The van der Waals surface area contributed by atoms with Gasteiger partial charge in [0, 0.05) is 12.6 Å². The van der Waals surface area contributed by atoms with E-state index in [1.165, 1.54) is 12.8 Å². The third kappa shape index (κ3) is 3.93. The Morgan fingerprint density at radius 1 is 1.22 bits per heavy atom. The van der Waals surface area contributed by atoms with Gasteiger partial charge >= 0.3 is 6.61 Å². The molecule has 2 heterocycles. The van der Waals surface area contributed by atoms with Crippen molar-refractivity contribution < 1.29 is 27.2 Å². The van der Waals surface area contributed by atoms with Crippen LogP contribution in [-0.4, -0.2) is 47.5 Å². The first-order valence-corrected chi connectivity index (χ1v) is 9.03. The molecule has 4 rings (SSSR count). The molecule has 1 atom stereocenters. The van der Waals surface area contributed by atoms with Gasteiger partial charge in [0.05, 0.1) is 18.8 Å². The summed E-state index contributed by atoms with van der Waals surface area (Å²) >= 11 is 0. The summed E-state index contributed by atoms with van der Waals surface area (Å²) in [6, 6.07) is 3.57. The van der Waals surface area contributed by atoms with Crippen LogP contribution in [0.3, 0.4) is 0 Å². The molecule has 1 saturated heterocycles. The van der Waals surface area contributed by atoms with Crippen molar-refractivity contribution in [2.24, 2.45) is 0 Å². The predicted octanol–water partition coefficient (Wildman–Crippen LogP) is 3.79. The minimum atomic E-state index is -3.00. The molecule has 0 spiro atoms. The van der Waals surface area contributed by atoms with Gasteiger partial charge in [-0.1, -0.05) is 18.0 Å². The van der Waals surface area contributed by atoms with Crippen LogP contribution in [0.15, 0.2) is 22.7 Å². The van der Waals surface area contributed by atoms with E-state index < -0.39 is 12.4 Å². The first kappa shape index (κ1) is 18.2. The van der Waals surface area contributed by atoms with Gasteiger partial charge in [-0.2, -0.15) is 13.8 Å². The second-order valence-corrected chi connectivity index (χ2v) is 6.74. The van der Waals surface area contributed by atoms with Crippen LogP contribution >= 0.6 is 0 Å². The highest BCUT2D eigenvalue weighted by Crippen LogP contribution is 2.34. The summed E-state index contributed by atoms with van der Waals surface area (Å²) in [5.74, 6) is -0.465. The van der Waals surface area contributed by atoms with E-state index in [2.05, 4.69) is 19.8 Å². The number of aromatic nitrogens is 2. The lowest BCUT2D eigenvalue weighted by Crippen LogP contribution is -2.44. The number of benzene rings is 1. The standard InChI is InChI=1S/C18H20F3N3O3/c19-14-6-5-12(26-18(20)21)9-13(14)16-22-17(27-23-16)15-10-25-8-7-24(15)11-3-1-2-4-11/h5-6,9,11,15,18H,1-4,7-8,10H2/t15-/m0/s1. The van der Waals surface area contributed by atoms with Crippen LogP contribution in [0, 0.1) is 5.82 Å². The maximum absolute atomic E-state index is 14.2. The fourth-order valence-corrected chi connectivity index (χ4v) is 3.83. The van der Waals surface area contributed by atoms with Crippen molar-refractivity contribution in [2.45, 2.75) is 44.4 Å². The number of hydrogen-bond acceptors (Lipinski definition) is 6. The summed E-state index contributed by atoms with van der Waals surface area (Å²) in [6.45, 7) is -1.15. The van der Waals surface area contributed by atoms with Crippen LogP contribution in [-0.2, 0) is 4.74 Å². The molecule has 0 unspecified atom stereocenters. The zero-order valence-electron chi connectivity index (χ0n) is 14.6. The zero-order chi connectivity index (χ0) is 18.8. The van der Waals surface area contributed by atoms with Crippen LogP contribution in [0.2, 0.25) is 0 Å². The molecular formula is C18H20F3N3O3. The number of alkyl halides is 2. The third-order valence-corrected chi connectivity index (χ3v) is 5.09. The monoisotopic (exact) mass is 383 g/mol. The Hall–Kier alpha value is -2.13. The second kappa shape index (κ2) is 7.85. The van der Waals surface area contributed by atoms with Gasteiger partial charge in [0.25, 0.3) is 0 Å². The molecular weight excluding hydrogens is 363 g/mol. The van der Waals surface area contributed by atoms with Crippen molar-refractivity contribution in [1.29, 1.82) is 0 Å². The lowest BCUT2D eigenvalue weighted by Gasteiger charge is -2.37. The summed E-state index contributed by atoms with van der Waals surface area (Å²) in [4.78, 5) is 6.64. The van der Waals surface area contributed by atoms with Gasteiger partial charge in [0.2, 0.25) is 11.7 Å². The molecule has 0 N–H and O–H groups in total. The quantitative estimate of drug-likeness (QED) is 0.783. The first-order valence-electron chi connectivity index (χ1n) is 9.03. The minimum absolute atomic E-state index is 0.000776. The maximum atomic E-state index is 14.2. The van der Waals surface area contributed by atoms with Crippen LogP contribution in [0.4, 0.5) is 13.2 Å². The molecule has 1 aliphatic heterocycles. The molecule has 2 aromatic rings. The highest BCUT2D eigenvalue weighted by atomic mass is 19.3. The van der Waals surface area contributed by atoms with Crippen molar-refractivity contribution in [3.63, 3.8) is 0 Å². The Morgan fingerprint density at radius 2 is 2.04 bits per heavy atom. The van der Waals surface area contributed by atoms with Crippen LogP contribution < -0.4 is 4.74 Å². The van der Waals surface area contributed by atoms with Gasteiger partial charge in [0.15, 0.2) is 0 Å². The predicted molar refractivity (Wildman–Crippen MR) is 88.8 cm³/mol. The van der Waals surface area contributed by atoms with Crippen molar-refractivity contribution in [2.75, 3.05) is 19.8 Å². The average molecular weight is 383 g/mol. The van der Waals surface area contributed by atoms with E-state index in [4.69, 9.17) is 9.26 Å². The smallest absolute Gasteiger partial charge is 0.387 e. The fraction of sp³-hybridized carbons (Fsp3) is 0.556. The van der Waals surface area contributed by atoms with E-state index >= 15 is 0 Å². The normalized spacial score (nSPS) is 21.9. The zero-order valence-corrected chi connectivity index (χ0v) is 14.6. The third-order valence-electron chi connectivity index (χ3n) is 5.09. The Morgan fingerprint density at radius 3 is 2.81 bits per heavy atom. The molecule has 1 saturated carbocycles. The fourth-order valence-electron chi connectivity index (χ4n) is 3.83. The largest absolute Gasteiger partial charge is 0.435 e. The molecule has 6 nitrogen and oxygen atoms in total. The van der Waals surface area contributed by atoms with E-state index in [1.54, 1.807) is 0 Å². The van der Waals surface area contributed by atoms with Crippen LogP contribution in [0.1, 0.15) is 37.6 Å². The van der Waals surface area contributed by atoms with E-state index in [0.29, 0.717) is 25.1 Å². The topological polar surface area (TPSA) is 60.6 Å². The minimum Gasteiger partial charge on any atom is -0.435 e. The summed E-state index contributed by atoms with van der Waals surface area (Å²) in [5.41, 5.74) is -0.0488. The van der Waals surface area contributed by atoms with Gasteiger partial charge in [-0.3, -0.25) is 4.90 Å². The Bertz CT molecular complexity index is 780. The average Bonchev–Trinajstić information content (AvgIpc) is 3.35. The molecule has 0 bridgehead atoms. The summed E-state index contributed by atoms with van der Waals surface area (Å²) in [7, 11) is 0. The lowest BCUT2D eigenvalue weighted by atomic mass is 10.1. The SMILES string of the molecule is Fc1ccc(OC(F)F)cc1-c1noc([C@@H]2COCCN2C2CCCC2)n1. The van der Waals surface area contributed by atoms with Gasteiger partial charge in [-0.15, -0.1) is 0 Å². The summed E-state index contributed by atoms with van der Waals surface area (Å²) in [5, 5.41) is 3.85. The molecule has 1 aromatic heterocycles. The number of rotatable bonds is 5. The Balaban J connectivity index is 1.59.